The van der Waals surface area contributed by atoms with Crippen LogP contribution < -0.4 is 14.9 Å². The molecule has 172 valence electrons. The van der Waals surface area contributed by atoms with Gasteiger partial charge in [-0.1, -0.05) is 41.9 Å². The second-order valence-electron chi connectivity index (χ2n) is 8.06. The van der Waals surface area contributed by atoms with E-state index in [-0.39, 0.29) is 17.1 Å². The van der Waals surface area contributed by atoms with Gasteiger partial charge in [-0.05, 0) is 53.9 Å². The average molecular weight is 476 g/mol. The Hall–Kier alpha value is -3.77. The van der Waals surface area contributed by atoms with Crippen LogP contribution in [0.4, 0.5) is 0 Å². The van der Waals surface area contributed by atoms with Gasteiger partial charge in [-0.25, -0.2) is 0 Å². The summed E-state index contributed by atoms with van der Waals surface area (Å²) in [4.78, 5) is 28.7. The predicted octanol–water partition coefficient (Wildman–Crippen LogP) is 5.25. The molecule has 6 nitrogen and oxygen atoms in total. The van der Waals surface area contributed by atoms with Crippen LogP contribution in [0.15, 0.2) is 75.9 Å². The number of ether oxygens (including phenoxy) is 2. The number of rotatable bonds is 6. The third-order valence-electron chi connectivity index (χ3n) is 6.15. The fourth-order valence-corrected chi connectivity index (χ4v) is 4.60. The highest BCUT2D eigenvalue weighted by atomic mass is 35.5. The molecule has 0 unspecified atom stereocenters. The van der Waals surface area contributed by atoms with Crippen molar-refractivity contribution in [2.24, 2.45) is 0 Å². The van der Waals surface area contributed by atoms with Crippen LogP contribution in [0.3, 0.4) is 0 Å². The van der Waals surface area contributed by atoms with Crippen LogP contribution in [-0.2, 0) is 6.42 Å². The molecule has 0 N–H and O–H groups in total. The maximum Gasteiger partial charge on any atom is 0.290 e. The molecule has 0 saturated carbocycles. The Kier molecular flexibility index (Phi) is 5.75. The number of halogens is 1. The summed E-state index contributed by atoms with van der Waals surface area (Å²) in [5.41, 5.74) is 2.33. The van der Waals surface area contributed by atoms with E-state index in [2.05, 4.69) is 0 Å². The molecule has 5 rings (SSSR count). The molecule has 4 aromatic rings. The molecular formula is C27H22ClNO5. The van der Waals surface area contributed by atoms with Crippen LogP contribution in [0.1, 0.15) is 33.3 Å². The number of para-hydroxylation sites is 1. The summed E-state index contributed by atoms with van der Waals surface area (Å²) >= 11 is 6.10. The maximum atomic E-state index is 13.5. The summed E-state index contributed by atoms with van der Waals surface area (Å²) in [7, 11) is 3.17. The van der Waals surface area contributed by atoms with E-state index in [0.29, 0.717) is 46.0 Å². The minimum atomic E-state index is -0.569. The van der Waals surface area contributed by atoms with E-state index in [0.717, 1.165) is 11.1 Å². The molecule has 0 fully saturated rings. The van der Waals surface area contributed by atoms with E-state index < -0.39 is 6.04 Å². The number of nitrogens with zero attached hydrogens (tertiary/aromatic N) is 1. The number of fused-ring (bicyclic) bond motifs is 2. The van der Waals surface area contributed by atoms with Crippen molar-refractivity contribution < 1.29 is 18.7 Å². The summed E-state index contributed by atoms with van der Waals surface area (Å²) < 4.78 is 16.7. The standard InChI is InChI=1S/C27H22ClNO5/c1-32-21-12-7-16(15-22(21)33-2)13-14-29-24(17-8-10-18(28)11-9-17)23-25(30)19-5-3-4-6-20(19)34-26(23)27(29)31/h3-12,15,24H,13-14H2,1-2H3/t24-/m1/s1. The molecule has 2 heterocycles. The summed E-state index contributed by atoms with van der Waals surface area (Å²) in [6.07, 6.45) is 0.553. The van der Waals surface area contributed by atoms with Gasteiger partial charge in [0.1, 0.15) is 5.58 Å². The summed E-state index contributed by atoms with van der Waals surface area (Å²) in [6, 6.07) is 19.3. The van der Waals surface area contributed by atoms with Crippen molar-refractivity contribution >= 4 is 28.5 Å². The van der Waals surface area contributed by atoms with Gasteiger partial charge >= 0.3 is 0 Å². The van der Waals surface area contributed by atoms with E-state index >= 15 is 0 Å². The Bertz CT molecular complexity index is 1440. The molecule has 1 aromatic heterocycles. The van der Waals surface area contributed by atoms with Crippen LogP contribution >= 0.6 is 11.6 Å². The van der Waals surface area contributed by atoms with Crippen molar-refractivity contribution in [3.63, 3.8) is 0 Å². The highest BCUT2D eigenvalue weighted by molar-refractivity contribution is 6.30. The van der Waals surface area contributed by atoms with Gasteiger partial charge in [0.05, 0.1) is 31.2 Å². The van der Waals surface area contributed by atoms with E-state index in [1.165, 1.54) is 0 Å². The van der Waals surface area contributed by atoms with Gasteiger partial charge in [-0.2, -0.15) is 0 Å². The van der Waals surface area contributed by atoms with Crippen LogP contribution in [0.5, 0.6) is 11.5 Å². The lowest BCUT2D eigenvalue weighted by Crippen LogP contribution is -2.31. The van der Waals surface area contributed by atoms with E-state index in [9.17, 15) is 9.59 Å². The molecule has 3 aromatic carbocycles. The molecule has 7 heteroatoms. The molecule has 34 heavy (non-hydrogen) atoms. The lowest BCUT2D eigenvalue weighted by molar-refractivity contribution is 0.0730. The van der Waals surface area contributed by atoms with Crippen molar-refractivity contribution in [1.29, 1.82) is 0 Å². The fraction of sp³-hybridized carbons (Fsp3) is 0.185. The van der Waals surface area contributed by atoms with Gasteiger partial charge in [-0.3, -0.25) is 9.59 Å². The first-order valence-corrected chi connectivity index (χ1v) is 11.2. The number of carbonyl (C=O) groups is 1. The minimum Gasteiger partial charge on any atom is -0.493 e. The second kappa shape index (κ2) is 8.88. The van der Waals surface area contributed by atoms with Crippen molar-refractivity contribution in [2.75, 3.05) is 20.8 Å². The first-order valence-electron chi connectivity index (χ1n) is 10.8. The van der Waals surface area contributed by atoms with E-state index in [1.54, 1.807) is 55.5 Å². The number of amides is 1. The largest absolute Gasteiger partial charge is 0.493 e. The second-order valence-corrected chi connectivity index (χ2v) is 8.50. The Balaban J connectivity index is 1.57. The molecule has 0 spiro atoms. The molecule has 0 radical (unpaired) electrons. The highest BCUT2D eigenvalue weighted by Gasteiger charge is 2.42. The van der Waals surface area contributed by atoms with Gasteiger partial charge in [-0.15, -0.1) is 0 Å². The van der Waals surface area contributed by atoms with Crippen molar-refractivity contribution in [1.82, 2.24) is 4.90 Å². The molecule has 0 bridgehead atoms. The topological polar surface area (TPSA) is 69.0 Å². The molecular weight excluding hydrogens is 454 g/mol. The number of carbonyl (C=O) groups excluding carboxylic acids is 1. The van der Waals surface area contributed by atoms with Gasteiger partial charge in [0, 0.05) is 11.6 Å². The monoisotopic (exact) mass is 475 g/mol. The Labute approximate surface area is 201 Å². The fourth-order valence-electron chi connectivity index (χ4n) is 4.48. The molecule has 1 atom stereocenters. The first-order chi connectivity index (χ1) is 16.5. The van der Waals surface area contributed by atoms with Gasteiger partial charge in [0.15, 0.2) is 16.9 Å². The zero-order valence-corrected chi connectivity index (χ0v) is 19.5. The Morgan fingerprint density at radius 3 is 2.41 bits per heavy atom. The summed E-state index contributed by atoms with van der Waals surface area (Å²) in [5, 5.41) is 1.03. The molecule has 1 aliphatic heterocycles. The number of methoxy groups -OCH3 is 2. The normalized spacial score (nSPS) is 15.0. The number of hydrogen-bond donors (Lipinski definition) is 0. The summed E-state index contributed by atoms with van der Waals surface area (Å²) in [5.74, 6) is 1.04. The molecule has 1 amide bonds. The predicted molar refractivity (Wildman–Crippen MR) is 130 cm³/mol. The molecule has 1 aliphatic rings. The van der Waals surface area contributed by atoms with Crippen molar-refractivity contribution in [3.05, 3.63) is 104 Å². The average Bonchev–Trinajstić information content (AvgIpc) is 3.14. The minimum absolute atomic E-state index is 0.0935. The van der Waals surface area contributed by atoms with Crippen molar-refractivity contribution in [2.45, 2.75) is 12.5 Å². The smallest absolute Gasteiger partial charge is 0.290 e. The third-order valence-corrected chi connectivity index (χ3v) is 6.40. The quantitative estimate of drug-likeness (QED) is 0.381. The first kappa shape index (κ1) is 22.0. The SMILES string of the molecule is COc1ccc(CCN2C(=O)c3oc4ccccc4c(=O)c3[C@H]2c2ccc(Cl)cc2)cc1OC. The van der Waals surface area contributed by atoms with Crippen LogP contribution in [0.25, 0.3) is 11.0 Å². The number of benzene rings is 3. The Morgan fingerprint density at radius 2 is 1.68 bits per heavy atom. The van der Waals surface area contributed by atoms with Crippen molar-refractivity contribution in [3.8, 4) is 11.5 Å². The highest BCUT2D eigenvalue weighted by Crippen LogP contribution is 2.38. The maximum absolute atomic E-state index is 13.5. The van der Waals surface area contributed by atoms with Crippen LogP contribution in [-0.4, -0.2) is 31.6 Å². The summed E-state index contributed by atoms with van der Waals surface area (Å²) in [6.45, 7) is 0.377. The third kappa shape index (κ3) is 3.70. The van der Waals surface area contributed by atoms with E-state index in [4.69, 9.17) is 25.5 Å². The molecule has 0 aliphatic carbocycles. The zero-order valence-electron chi connectivity index (χ0n) is 18.7. The van der Waals surface area contributed by atoms with E-state index in [1.807, 2.05) is 30.3 Å². The molecule has 0 saturated heterocycles. The van der Waals surface area contributed by atoms with Crippen LogP contribution in [0.2, 0.25) is 5.02 Å². The Morgan fingerprint density at radius 1 is 0.941 bits per heavy atom. The van der Waals surface area contributed by atoms with Gasteiger partial charge in [0.2, 0.25) is 5.76 Å². The lowest BCUT2D eigenvalue weighted by atomic mass is 9.98. The van der Waals surface area contributed by atoms with Gasteiger partial charge in [0.25, 0.3) is 5.91 Å². The van der Waals surface area contributed by atoms with Crippen LogP contribution in [0, 0.1) is 0 Å². The van der Waals surface area contributed by atoms with Gasteiger partial charge < -0.3 is 18.8 Å². The zero-order chi connectivity index (χ0) is 23.8. The lowest BCUT2D eigenvalue weighted by Gasteiger charge is -2.25. The number of hydrogen-bond acceptors (Lipinski definition) is 5.